The molecule has 6 aromatic rings. The molecule has 6 rings (SSSR count). The standard InChI is InChI=1S/3C13H15N3.4ClHO4.3Co.9H2O/c3*1-16(10-12-6-2-4-8-14-12)11-13-7-3-5-9-15-13;4*2-1(3,4)5;;;;;;;;;;;;/h3*2-9H,10-11H2,1H3;4*(H,2,3,4,5);;;;9*1H2/q;;;;;;;3*+3;;;;;;;;;/p-9. The molecule has 0 unspecified atom stereocenters. The minimum Gasteiger partial charge on any atom is -0.870 e. The fourth-order valence-corrected chi connectivity index (χ4v) is 4.78. The van der Waals surface area contributed by atoms with Crippen LogP contribution in [-0.4, -0.2) is 115 Å². The van der Waals surface area contributed by atoms with Crippen LogP contribution >= 0.6 is 0 Å². The topological polar surface area (TPSA) is 732 Å². The molecule has 0 saturated carbocycles. The third kappa shape index (κ3) is 85.7. The minimum atomic E-state index is -4.94. The summed E-state index contributed by atoms with van der Waals surface area (Å²) in [5.74, 6) is 0. The van der Waals surface area contributed by atoms with Crippen LogP contribution in [0, 0.1) is 41.0 Å². The Labute approximate surface area is 497 Å². The normalized spacial score (nSPS) is 9.38. The van der Waals surface area contributed by atoms with E-state index >= 15 is 0 Å². The first-order valence-electron chi connectivity index (χ1n) is 18.5. The Morgan fingerprint density at radius 1 is 0.263 bits per heavy atom. The van der Waals surface area contributed by atoms with Crippen LogP contribution in [-0.2, 0) is 89.6 Å². The van der Waals surface area contributed by atoms with E-state index in [2.05, 4.69) is 65.7 Å². The number of halogens is 4. The van der Waals surface area contributed by atoms with Crippen molar-refractivity contribution in [3.63, 3.8) is 0 Å². The molecule has 80 heavy (non-hydrogen) atoms. The Bertz CT molecular complexity index is 1730. The van der Waals surface area contributed by atoms with Gasteiger partial charge >= 0.3 is 50.3 Å². The number of hydrogen-bond acceptors (Lipinski definition) is 30. The molecule has 34 nitrogen and oxygen atoms in total. The molecule has 0 bridgehead atoms. The summed E-state index contributed by atoms with van der Waals surface area (Å²) in [7, 11) is -13.6. The van der Waals surface area contributed by atoms with Gasteiger partial charge in [-0.1, -0.05) is 36.4 Å². The quantitative estimate of drug-likeness (QED) is 0.110. The summed E-state index contributed by atoms with van der Waals surface area (Å²) < 4.78 is 136. The van der Waals surface area contributed by atoms with E-state index in [1.165, 1.54) is 0 Å². The molecular formula is C39H58Cl4Co3N9O25. The number of aromatic nitrogens is 6. The monoisotopic (exact) mass is 1370 g/mol. The van der Waals surface area contributed by atoms with Crippen molar-refractivity contribution in [2.75, 3.05) is 21.1 Å². The van der Waals surface area contributed by atoms with Gasteiger partial charge in [0.2, 0.25) is 0 Å². The first kappa shape index (κ1) is 108. The zero-order valence-corrected chi connectivity index (χ0v) is 47.6. The maximum atomic E-state index is 8.49. The second-order valence-electron chi connectivity index (χ2n) is 13.0. The Hall–Kier alpha value is -3.54. The van der Waals surface area contributed by atoms with Crippen molar-refractivity contribution in [3.05, 3.63) is 181 Å². The van der Waals surface area contributed by atoms with Crippen LogP contribution in [0.4, 0.5) is 0 Å². The molecule has 464 valence electrons. The van der Waals surface area contributed by atoms with Gasteiger partial charge in [-0.3, -0.25) is 44.6 Å². The summed E-state index contributed by atoms with van der Waals surface area (Å²) in [4.78, 5) is 32.4. The largest absolute Gasteiger partial charge is 3.00 e. The Balaban J connectivity index is -0.0000000615. The van der Waals surface area contributed by atoms with Gasteiger partial charge in [0.15, 0.2) is 0 Å². The molecule has 0 aromatic carbocycles. The molecular weight excluding hydrogens is 1310 g/mol. The van der Waals surface area contributed by atoms with Crippen molar-refractivity contribution in [1.82, 2.24) is 44.6 Å². The summed E-state index contributed by atoms with van der Waals surface area (Å²) in [6, 6.07) is 35.9. The molecule has 0 fully saturated rings. The third-order valence-corrected chi connectivity index (χ3v) is 6.95. The van der Waals surface area contributed by atoms with Crippen molar-refractivity contribution >= 4 is 0 Å². The van der Waals surface area contributed by atoms with Gasteiger partial charge in [0.05, 0.1) is 34.2 Å². The number of hydrogen-bond donors (Lipinski definition) is 0. The molecule has 0 aliphatic heterocycles. The van der Waals surface area contributed by atoms with Crippen LogP contribution < -0.4 is 74.5 Å². The first-order chi connectivity index (χ1) is 31.5. The molecule has 0 aliphatic rings. The van der Waals surface area contributed by atoms with Crippen molar-refractivity contribution < 1.29 is 215 Å². The molecule has 13 N–H and O–H groups in total. The summed E-state index contributed by atoms with van der Waals surface area (Å²) in [5, 5.41) is 0. The van der Waals surface area contributed by atoms with Crippen molar-refractivity contribution in [1.29, 1.82) is 0 Å². The molecule has 0 radical (unpaired) electrons. The third-order valence-electron chi connectivity index (χ3n) is 6.95. The number of nitrogens with zero attached hydrogens (tertiary/aromatic N) is 9. The molecule has 0 saturated heterocycles. The van der Waals surface area contributed by atoms with Crippen LogP contribution in [0.5, 0.6) is 0 Å². The summed E-state index contributed by atoms with van der Waals surface area (Å²) in [5.41, 5.74) is 6.51. The van der Waals surface area contributed by atoms with Crippen molar-refractivity contribution in [3.8, 4) is 0 Å². The number of pyridine rings is 6. The smallest absolute Gasteiger partial charge is 0.870 e. The predicted octanol–water partition coefficient (Wildman–Crippen LogP) is -16.9. The molecule has 41 heteroatoms. The van der Waals surface area contributed by atoms with E-state index in [-0.39, 0.29) is 99.6 Å². The van der Waals surface area contributed by atoms with Crippen LogP contribution in [0.2, 0.25) is 0 Å². The van der Waals surface area contributed by atoms with Crippen LogP contribution in [0.15, 0.2) is 146 Å². The molecule has 0 aliphatic carbocycles. The Morgan fingerprint density at radius 3 is 0.438 bits per heavy atom. The van der Waals surface area contributed by atoms with Gasteiger partial charge in [-0.15, -0.1) is 41.0 Å². The van der Waals surface area contributed by atoms with Crippen LogP contribution in [0.3, 0.4) is 0 Å². The second kappa shape index (κ2) is 60.1. The van der Waals surface area contributed by atoms with Gasteiger partial charge in [-0.2, -0.15) is 0 Å². The molecule has 0 amide bonds. The average Bonchev–Trinajstić information content (AvgIpc) is 3.21. The van der Waals surface area contributed by atoms with Gasteiger partial charge in [0.1, 0.15) is 0 Å². The summed E-state index contributed by atoms with van der Waals surface area (Å²) in [6.07, 6.45) is 10.9. The van der Waals surface area contributed by atoms with Crippen LogP contribution in [0.1, 0.15) is 34.2 Å². The molecule has 0 atom stereocenters. The number of rotatable bonds is 12. The fraction of sp³-hybridized carbons (Fsp3) is 0.231. The van der Waals surface area contributed by atoms with Crippen LogP contribution in [0.25, 0.3) is 0 Å². The SMILES string of the molecule is CN(Cc1ccccn1)Cc1ccccn1.CN(Cc1ccccn1)Cc1ccccn1.CN(Cc1ccccn1)Cc1ccccn1.O.O.O.O.[Co+3].[Co+3].[Co+3].[O-][Cl+3]([O-])([O-])[O-].[O-][Cl+3]([O-])([O-])[O-].[O-][Cl+3]([O-])([O-])[O-].[O-][Cl+3]([O-])([O-])[O-].[OH-].[OH-].[OH-].[OH-].[OH-]. The predicted molar refractivity (Wildman–Crippen MR) is 215 cm³/mol. The molecule has 6 heterocycles. The molecule has 0 spiro atoms. The summed E-state index contributed by atoms with van der Waals surface area (Å²) in [6.45, 7) is 5.07. The van der Waals surface area contributed by atoms with E-state index in [1.807, 2.05) is 146 Å². The Kier molecular flexibility index (Phi) is 81.2. The van der Waals surface area contributed by atoms with Gasteiger partial charge < -0.3 is 49.3 Å². The maximum absolute atomic E-state index is 8.49. The van der Waals surface area contributed by atoms with E-state index in [1.54, 1.807) is 0 Å². The zero-order valence-electron chi connectivity index (χ0n) is 41.4. The fourth-order valence-electron chi connectivity index (χ4n) is 4.78. The minimum absolute atomic E-state index is 0. The van der Waals surface area contributed by atoms with Gasteiger partial charge in [-0.05, 0) is 93.9 Å². The van der Waals surface area contributed by atoms with Gasteiger partial charge in [-0.25, -0.2) is 74.5 Å². The second-order valence-corrected chi connectivity index (χ2v) is 16.0. The van der Waals surface area contributed by atoms with Gasteiger partial charge in [0.25, 0.3) is 0 Å². The van der Waals surface area contributed by atoms with Crippen molar-refractivity contribution in [2.45, 2.75) is 39.3 Å². The van der Waals surface area contributed by atoms with E-state index in [0.717, 1.165) is 73.4 Å². The molecule has 6 aromatic heterocycles. The Morgan fingerprint density at radius 2 is 0.362 bits per heavy atom. The average molecular weight is 1370 g/mol. The van der Waals surface area contributed by atoms with Crippen molar-refractivity contribution in [2.24, 2.45) is 0 Å². The van der Waals surface area contributed by atoms with E-state index < -0.39 is 41.0 Å². The summed E-state index contributed by atoms with van der Waals surface area (Å²) >= 11 is 0. The van der Waals surface area contributed by atoms with Gasteiger partial charge in [0, 0.05) is 76.4 Å². The van der Waals surface area contributed by atoms with E-state index in [9.17, 15) is 0 Å². The zero-order chi connectivity index (χ0) is 51.7. The first-order valence-corrected chi connectivity index (χ1v) is 23.4. The van der Waals surface area contributed by atoms with E-state index in [4.69, 9.17) is 74.5 Å². The van der Waals surface area contributed by atoms with E-state index in [0.29, 0.717) is 0 Å². The maximum Gasteiger partial charge on any atom is 3.00 e.